The Morgan fingerprint density at radius 2 is 2.06 bits per heavy atom. The zero-order valence-corrected chi connectivity index (χ0v) is 10.8. The Morgan fingerprint density at radius 3 is 2.61 bits per heavy atom. The van der Waals surface area contributed by atoms with Gasteiger partial charge in [-0.3, -0.25) is 4.79 Å². The number of aryl methyl sites for hydroxylation is 1. The van der Waals surface area contributed by atoms with Gasteiger partial charge < -0.3 is 15.6 Å². The highest BCUT2D eigenvalue weighted by Gasteiger charge is 2.14. The average Bonchev–Trinajstić information content (AvgIpc) is 2.67. The molecule has 3 N–H and O–H groups in total. The highest BCUT2D eigenvalue weighted by atomic mass is 35.5. The topological polar surface area (TPSA) is 72.9 Å². The number of hydrogen-bond donors (Lipinski definition) is 2. The van der Waals surface area contributed by atoms with E-state index in [2.05, 4.69) is 10.3 Å². The molecule has 0 atom stereocenters. The molecule has 0 saturated carbocycles. The fourth-order valence-corrected chi connectivity index (χ4v) is 1.59. The Balaban J connectivity index is 0.00000162. The van der Waals surface area contributed by atoms with Crippen LogP contribution in [0.5, 0.6) is 0 Å². The summed E-state index contributed by atoms with van der Waals surface area (Å²) >= 11 is 0. The Morgan fingerprint density at radius 1 is 1.39 bits per heavy atom. The van der Waals surface area contributed by atoms with Crippen molar-refractivity contribution >= 4 is 24.1 Å². The summed E-state index contributed by atoms with van der Waals surface area (Å²) in [5.41, 5.74) is 7.05. The quantitative estimate of drug-likeness (QED) is 0.881. The minimum absolute atomic E-state index is 0. The van der Waals surface area contributed by atoms with E-state index in [4.69, 9.17) is 5.73 Å². The maximum atomic E-state index is 11.9. The standard InChI is InChI=1S/C12H14N4O.ClH/c1-16-8-15-11(13)10(16)12(17)14-7-9-5-3-2-4-6-9;/h2-6,8H,7,13H2,1H3,(H,14,17);1H. The smallest absolute Gasteiger partial charge is 0.272 e. The van der Waals surface area contributed by atoms with Gasteiger partial charge in [-0.15, -0.1) is 12.4 Å². The highest BCUT2D eigenvalue weighted by molar-refractivity contribution is 5.96. The summed E-state index contributed by atoms with van der Waals surface area (Å²) < 4.78 is 1.61. The predicted octanol–water partition coefficient (Wildman–Crippen LogP) is 1.35. The van der Waals surface area contributed by atoms with Crippen LogP contribution in [0.4, 0.5) is 5.82 Å². The minimum Gasteiger partial charge on any atom is -0.382 e. The van der Waals surface area contributed by atoms with Crippen LogP contribution < -0.4 is 11.1 Å². The fourth-order valence-electron chi connectivity index (χ4n) is 1.59. The van der Waals surface area contributed by atoms with E-state index in [-0.39, 0.29) is 24.1 Å². The number of nitrogen functional groups attached to an aromatic ring is 1. The summed E-state index contributed by atoms with van der Waals surface area (Å²) in [5, 5.41) is 2.80. The normalized spacial score (nSPS) is 9.61. The molecule has 0 unspecified atom stereocenters. The van der Waals surface area contributed by atoms with E-state index in [1.807, 2.05) is 30.3 Å². The van der Waals surface area contributed by atoms with Crippen molar-refractivity contribution in [3.05, 3.63) is 47.9 Å². The molecule has 0 fully saturated rings. The van der Waals surface area contributed by atoms with E-state index in [9.17, 15) is 4.79 Å². The van der Waals surface area contributed by atoms with Crippen molar-refractivity contribution in [2.45, 2.75) is 6.54 Å². The van der Waals surface area contributed by atoms with Crippen molar-refractivity contribution in [3.8, 4) is 0 Å². The van der Waals surface area contributed by atoms with Crippen LogP contribution in [0.15, 0.2) is 36.7 Å². The SMILES string of the molecule is Cl.Cn1cnc(N)c1C(=O)NCc1ccccc1. The number of anilines is 1. The van der Waals surface area contributed by atoms with Crippen molar-refractivity contribution in [2.75, 3.05) is 5.73 Å². The first-order valence-electron chi connectivity index (χ1n) is 5.27. The Hall–Kier alpha value is -2.01. The van der Waals surface area contributed by atoms with E-state index in [0.717, 1.165) is 5.56 Å². The van der Waals surface area contributed by atoms with Gasteiger partial charge in [0.05, 0.1) is 6.33 Å². The molecule has 96 valence electrons. The van der Waals surface area contributed by atoms with Crippen LogP contribution in [-0.2, 0) is 13.6 Å². The summed E-state index contributed by atoms with van der Waals surface area (Å²) in [7, 11) is 1.74. The molecule has 2 aromatic rings. The second kappa shape index (κ2) is 6.07. The molecule has 5 nitrogen and oxygen atoms in total. The maximum Gasteiger partial charge on any atom is 0.272 e. The number of carbonyl (C=O) groups excluding carboxylic acids is 1. The van der Waals surface area contributed by atoms with Crippen LogP contribution in [0.1, 0.15) is 16.1 Å². The van der Waals surface area contributed by atoms with Crippen LogP contribution in [0.2, 0.25) is 0 Å². The van der Waals surface area contributed by atoms with Crippen LogP contribution in [0.3, 0.4) is 0 Å². The molecule has 1 aromatic carbocycles. The van der Waals surface area contributed by atoms with E-state index < -0.39 is 0 Å². The molecule has 18 heavy (non-hydrogen) atoms. The van der Waals surface area contributed by atoms with Gasteiger partial charge in [-0.05, 0) is 5.56 Å². The van der Waals surface area contributed by atoms with Gasteiger partial charge in [0.15, 0.2) is 11.5 Å². The Bertz CT molecular complexity index is 505. The number of benzene rings is 1. The maximum absolute atomic E-state index is 11.9. The van der Waals surface area contributed by atoms with E-state index in [0.29, 0.717) is 12.2 Å². The number of nitrogens with two attached hydrogens (primary N) is 1. The molecule has 0 saturated heterocycles. The van der Waals surface area contributed by atoms with Crippen LogP contribution in [0, 0.1) is 0 Å². The van der Waals surface area contributed by atoms with Crippen molar-refractivity contribution < 1.29 is 4.79 Å². The van der Waals surface area contributed by atoms with Gasteiger partial charge in [0, 0.05) is 13.6 Å². The third kappa shape index (κ3) is 3.01. The van der Waals surface area contributed by atoms with Crippen molar-refractivity contribution in [2.24, 2.45) is 7.05 Å². The van der Waals surface area contributed by atoms with Crippen molar-refractivity contribution in [1.29, 1.82) is 0 Å². The number of rotatable bonds is 3. The van der Waals surface area contributed by atoms with Gasteiger partial charge >= 0.3 is 0 Å². The second-order valence-corrected chi connectivity index (χ2v) is 3.76. The number of carbonyl (C=O) groups is 1. The molecule has 1 heterocycles. The second-order valence-electron chi connectivity index (χ2n) is 3.76. The lowest BCUT2D eigenvalue weighted by Gasteiger charge is -2.06. The average molecular weight is 267 g/mol. The highest BCUT2D eigenvalue weighted by Crippen LogP contribution is 2.07. The van der Waals surface area contributed by atoms with Gasteiger partial charge in [0.25, 0.3) is 5.91 Å². The lowest BCUT2D eigenvalue weighted by molar-refractivity contribution is 0.0943. The lowest BCUT2D eigenvalue weighted by Crippen LogP contribution is -2.25. The molecular formula is C12H15ClN4O. The number of nitrogens with one attached hydrogen (secondary N) is 1. The minimum atomic E-state index is -0.216. The van der Waals surface area contributed by atoms with Gasteiger partial charge in [0.1, 0.15) is 0 Å². The molecule has 0 aliphatic carbocycles. The zero-order valence-electron chi connectivity index (χ0n) is 9.96. The van der Waals surface area contributed by atoms with E-state index in [1.54, 1.807) is 11.6 Å². The molecule has 1 aromatic heterocycles. The zero-order chi connectivity index (χ0) is 12.3. The molecule has 0 radical (unpaired) electrons. The van der Waals surface area contributed by atoms with Crippen LogP contribution >= 0.6 is 12.4 Å². The summed E-state index contributed by atoms with van der Waals surface area (Å²) in [4.78, 5) is 15.7. The number of aromatic nitrogens is 2. The third-order valence-electron chi connectivity index (χ3n) is 2.48. The van der Waals surface area contributed by atoms with Gasteiger partial charge in [-0.1, -0.05) is 30.3 Å². The van der Waals surface area contributed by atoms with Crippen molar-refractivity contribution in [1.82, 2.24) is 14.9 Å². The fraction of sp³-hybridized carbons (Fsp3) is 0.167. The van der Waals surface area contributed by atoms with Gasteiger partial charge in [0.2, 0.25) is 0 Å². The predicted molar refractivity (Wildman–Crippen MR) is 72.5 cm³/mol. The largest absolute Gasteiger partial charge is 0.382 e. The third-order valence-corrected chi connectivity index (χ3v) is 2.48. The molecule has 6 heteroatoms. The monoisotopic (exact) mass is 266 g/mol. The summed E-state index contributed by atoms with van der Waals surface area (Å²) in [5.74, 6) is 0.0319. The first kappa shape index (κ1) is 14.1. The Kier molecular flexibility index (Phi) is 4.74. The van der Waals surface area contributed by atoms with Crippen LogP contribution in [-0.4, -0.2) is 15.5 Å². The molecule has 0 aliphatic heterocycles. The summed E-state index contributed by atoms with van der Waals surface area (Å²) in [6.45, 7) is 0.476. The molecule has 0 bridgehead atoms. The number of halogens is 1. The van der Waals surface area contributed by atoms with E-state index >= 15 is 0 Å². The van der Waals surface area contributed by atoms with Crippen LogP contribution in [0.25, 0.3) is 0 Å². The molecule has 2 rings (SSSR count). The summed E-state index contributed by atoms with van der Waals surface area (Å²) in [6.07, 6.45) is 1.52. The molecule has 0 aliphatic rings. The van der Waals surface area contributed by atoms with Gasteiger partial charge in [-0.2, -0.15) is 0 Å². The lowest BCUT2D eigenvalue weighted by atomic mass is 10.2. The molecule has 0 spiro atoms. The van der Waals surface area contributed by atoms with Gasteiger partial charge in [-0.25, -0.2) is 4.98 Å². The first-order chi connectivity index (χ1) is 8.18. The van der Waals surface area contributed by atoms with E-state index in [1.165, 1.54) is 6.33 Å². The van der Waals surface area contributed by atoms with Crippen molar-refractivity contribution in [3.63, 3.8) is 0 Å². The number of nitrogens with zero attached hydrogens (tertiary/aromatic N) is 2. The Labute approximate surface area is 111 Å². The molecule has 1 amide bonds. The number of amides is 1. The summed E-state index contributed by atoms with van der Waals surface area (Å²) in [6, 6.07) is 9.70. The first-order valence-corrected chi connectivity index (χ1v) is 5.27. The molecular weight excluding hydrogens is 252 g/mol. The number of imidazole rings is 1. The number of hydrogen-bond acceptors (Lipinski definition) is 3.